The minimum absolute atomic E-state index is 0.00976. The summed E-state index contributed by atoms with van der Waals surface area (Å²) in [5, 5.41) is 0. The van der Waals surface area contributed by atoms with Crippen molar-refractivity contribution in [3.63, 3.8) is 0 Å². The van der Waals surface area contributed by atoms with E-state index in [4.69, 9.17) is 9.47 Å². The predicted molar refractivity (Wildman–Crippen MR) is 94.1 cm³/mol. The first kappa shape index (κ1) is 21.8. The van der Waals surface area contributed by atoms with Crippen LogP contribution >= 0.6 is 0 Å². The van der Waals surface area contributed by atoms with Crippen molar-refractivity contribution in [1.29, 1.82) is 0 Å². The molecule has 0 fully saturated rings. The summed E-state index contributed by atoms with van der Waals surface area (Å²) >= 11 is 0. The predicted octanol–water partition coefficient (Wildman–Crippen LogP) is 3.44. The van der Waals surface area contributed by atoms with Crippen LogP contribution < -0.4 is 20.3 Å². The van der Waals surface area contributed by atoms with Crippen molar-refractivity contribution in [2.75, 3.05) is 6.61 Å². The number of rotatable bonds is 6. The fraction of sp³-hybridized carbons (Fsp3) is 0.278. The second kappa shape index (κ2) is 9.62. The molecule has 0 aliphatic rings. The fourth-order valence-corrected chi connectivity index (χ4v) is 1.95. The van der Waals surface area contributed by atoms with Gasteiger partial charge in [-0.3, -0.25) is 10.2 Å². The summed E-state index contributed by atoms with van der Waals surface area (Å²) < 4.78 is 53.0. The third kappa shape index (κ3) is 6.87. The largest absolute Gasteiger partial charge is 0.481 e. The Morgan fingerprint density at radius 2 is 1.72 bits per heavy atom. The second-order valence-electron chi connectivity index (χ2n) is 5.55. The van der Waals surface area contributed by atoms with E-state index in [1.54, 1.807) is 6.92 Å². The van der Waals surface area contributed by atoms with Crippen LogP contribution in [0.2, 0.25) is 0 Å². The summed E-state index contributed by atoms with van der Waals surface area (Å²) in [6.45, 7) is 3.25. The highest BCUT2D eigenvalue weighted by Gasteiger charge is 2.30. The second-order valence-corrected chi connectivity index (χ2v) is 5.55. The van der Waals surface area contributed by atoms with Gasteiger partial charge in [0.15, 0.2) is 6.10 Å². The third-order valence-corrected chi connectivity index (χ3v) is 3.36. The summed E-state index contributed by atoms with van der Waals surface area (Å²) in [4.78, 5) is 26.6. The number of ether oxygens (including phenoxy) is 3. The average Bonchev–Trinajstić information content (AvgIpc) is 2.67. The molecule has 0 spiro atoms. The fourth-order valence-electron chi connectivity index (χ4n) is 1.95. The number of pyridine rings is 1. The molecule has 0 aliphatic carbocycles. The maximum Gasteiger partial charge on any atom is 0.426 e. The molecule has 1 atom stereocenters. The van der Waals surface area contributed by atoms with Gasteiger partial charge in [0, 0.05) is 12.3 Å². The maximum absolute atomic E-state index is 12.5. The molecule has 0 saturated carbocycles. The monoisotopic (exact) mass is 413 g/mol. The number of nitrogens with zero attached hydrogens (tertiary/aromatic N) is 1. The highest BCUT2D eigenvalue weighted by Crippen LogP contribution is 2.30. The molecule has 2 N–H and O–H groups in total. The van der Waals surface area contributed by atoms with E-state index in [1.807, 2.05) is 0 Å². The highest BCUT2D eigenvalue weighted by molar-refractivity contribution is 5.82. The number of carbonyl (C=O) groups is 2. The molecule has 11 heteroatoms. The third-order valence-electron chi connectivity index (χ3n) is 3.36. The van der Waals surface area contributed by atoms with Crippen LogP contribution in [0.5, 0.6) is 17.4 Å². The van der Waals surface area contributed by atoms with Gasteiger partial charge in [-0.2, -0.15) is 13.2 Å². The van der Waals surface area contributed by atoms with Crippen LogP contribution in [0, 0.1) is 0 Å². The van der Waals surface area contributed by atoms with E-state index >= 15 is 0 Å². The molecule has 8 nitrogen and oxygen atoms in total. The van der Waals surface area contributed by atoms with Crippen LogP contribution in [-0.4, -0.2) is 29.7 Å². The number of carbonyl (C=O) groups excluding carboxylic acids is 2. The van der Waals surface area contributed by atoms with E-state index in [-0.39, 0.29) is 12.5 Å². The number of hydrogen-bond acceptors (Lipinski definition) is 6. The molecule has 29 heavy (non-hydrogen) atoms. The maximum atomic E-state index is 12.5. The van der Waals surface area contributed by atoms with E-state index < -0.39 is 29.8 Å². The number of nitrogens with one attached hydrogen (secondary N) is 2. The summed E-state index contributed by atoms with van der Waals surface area (Å²) in [5.41, 5.74) is 3.33. The van der Waals surface area contributed by atoms with Crippen LogP contribution in [-0.2, 0) is 15.7 Å². The standard InChI is InChI=1S/C18H18F3N3O5/c1-3-27-17(26)24-23-16(25)11(2)28-13-5-7-14(8-6-13)29-15-9-4-12(10-22-15)18(19,20)21/h4-11H,3H2,1-2H3,(H,23,25)(H,24,26)/t11-/m1/s1. The van der Waals surface area contributed by atoms with Crippen molar-refractivity contribution in [1.82, 2.24) is 15.8 Å². The number of halogens is 3. The Hall–Kier alpha value is -3.50. The molecular formula is C18H18F3N3O5. The van der Waals surface area contributed by atoms with Gasteiger partial charge in [-0.15, -0.1) is 0 Å². The quantitative estimate of drug-likeness (QED) is 0.704. The SMILES string of the molecule is CCOC(=O)NNC(=O)[C@@H](C)Oc1ccc(Oc2ccc(C(F)(F)F)cn2)cc1. The minimum Gasteiger partial charge on any atom is -0.481 e. The van der Waals surface area contributed by atoms with Gasteiger partial charge in [-0.1, -0.05) is 0 Å². The molecule has 0 saturated heterocycles. The summed E-state index contributed by atoms with van der Waals surface area (Å²) in [6, 6.07) is 7.97. The molecule has 2 amide bonds. The Labute approximate surface area is 163 Å². The molecule has 1 aromatic carbocycles. The lowest BCUT2D eigenvalue weighted by Gasteiger charge is -2.15. The summed E-state index contributed by atoms with van der Waals surface area (Å²) in [5.74, 6) is 0.0268. The number of aromatic nitrogens is 1. The molecule has 0 radical (unpaired) electrons. The molecule has 2 aromatic rings. The van der Waals surface area contributed by atoms with Crippen molar-refractivity contribution in [2.24, 2.45) is 0 Å². The molecular weight excluding hydrogens is 395 g/mol. The minimum atomic E-state index is -4.47. The first-order chi connectivity index (χ1) is 13.7. The Morgan fingerprint density at radius 3 is 2.28 bits per heavy atom. The number of amides is 2. The topological polar surface area (TPSA) is 98.8 Å². The van der Waals surface area contributed by atoms with Gasteiger partial charge in [0.2, 0.25) is 5.88 Å². The van der Waals surface area contributed by atoms with Gasteiger partial charge >= 0.3 is 12.3 Å². The van der Waals surface area contributed by atoms with Crippen molar-refractivity contribution < 1.29 is 37.0 Å². The number of alkyl halides is 3. The van der Waals surface area contributed by atoms with Crippen molar-refractivity contribution in [2.45, 2.75) is 26.1 Å². The zero-order chi connectivity index (χ0) is 21.4. The van der Waals surface area contributed by atoms with E-state index in [0.717, 1.165) is 12.1 Å². The zero-order valence-corrected chi connectivity index (χ0v) is 15.4. The van der Waals surface area contributed by atoms with Gasteiger partial charge in [0.25, 0.3) is 5.91 Å². The van der Waals surface area contributed by atoms with E-state index in [0.29, 0.717) is 17.7 Å². The zero-order valence-electron chi connectivity index (χ0n) is 15.4. The van der Waals surface area contributed by atoms with Crippen LogP contribution in [0.4, 0.5) is 18.0 Å². The van der Waals surface area contributed by atoms with Crippen LogP contribution in [0.15, 0.2) is 42.6 Å². The van der Waals surface area contributed by atoms with Gasteiger partial charge in [-0.05, 0) is 44.2 Å². The van der Waals surface area contributed by atoms with E-state index in [2.05, 4.69) is 20.6 Å². The number of hydrazine groups is 1. The van der Waals surface area contributed by atoms with Gasteiger partial charge < -0.3 is 14.2 Å². The van der Waals surface area contributed by atoms with E-state index in [1.165, 1.54) is 31.2 Å². The van der Waals surface area contributed by atoms with Crippen molar-refractivity contribution >= 4 is 12.0 Å². The molecule has 0 bridgehead atoms. The first-order valence-corrected chi connectivity index (χ1v) is 8.39. The highest BCUT2D eigenvalue weighted by atomic mass is 19.4. The molecule has 1 heterocycles. The van der Waals surface area contributed by atoms with Crippen molar-refractivity contribution in [3.8, 4) is 17.4 Å². The molecule has 0 unspecified atom stereocenters. The summed E-state index contributed by atoms with van der Waals surface area (Å²) in [7, 11) is 0. The van der Waals surface area contributed by atoms with Crippen LogP contribution in [0.25, 0.3) is 0 Å². The van der Waals surface area contributed by atoms with Gasteiger partial charge in [0.1, 0.15) is 11.5 Å². The first-order valence-electron chi connectivity index (χ1n) is 8.39. The lowest BCUT2D eigenvalue weighted by molar-refractivity contribution is -0.137. The average molecular weight is 413 g/mol. The lowest BCUT2D eigenvalue weighted by Crippen LogP contribution is -2.47. The number of hydrogen-bond donors (Lipinski definition) is 2. The number of benzene rings is 1. The van der Waals surface area contributed by atoms with Gasteiger partial charge in [0.05, 0.1) is 12.2 Å². The molecule has 2 rings (SSSR count). The Balaban J connectivity index is 1.88. The Morgan fingerprint density at radius 1 is 1.07 bits per heavy atom. The molecule has 156 valence electrons. The van der Waals surface area contributed by atoms with Crippen LogP contribution in [0.1, 0.15) is 19.4 Å². The smallest absolute Gasteiger partial charge is 0.426 e. The Bertz CT molecular complexity index is 826. The van der Waals surface area contributed by atoms with E-state index in [9.17, 15) is 22.8 Å². The normalized spacial score (nSPS) is 11.9. The van der Waals surface area contributed by atoms with Gasteiger partial charge in [-0.25, -0.2) is 15.2 Å². The lowest BCUT2D eigenvalue weighted by atomic mass is 10.3. The molecule has 1 aromatic heterocycles. The summed E-state index contributed by atoms with van der Waals surface area (Å²) in [6.07, 6.45) is -5.52. The molecule has 0 aliphatic heterocycles. The van der Waals surface area contributed by atoms with Crippen molar-refractivity contribution in [3.05, 3.63) is 48.2 Å². The van der Waals surface area contributed by atoms with Crippen LogP contribution in [0.3, 0.4) is 0 Å². The Kier molecular flexibility index (Phi) is 7.23.